The molecular weight excluding hydrogens is 284 g/mol. The summed E-state index contributed by atoms with van der Waals surface area (Å²) in [6.07, 6.45) is 5.68. The molecule has 1 saturated carbocycles. The number of rotatable bonds is 5. The van der Waals surface area contributed by atoms with E-state index in [1.165, 1.54) is 45.3 Å². The quantitative estimate of drug-likeness (QED) is 0.759. The van der Waals surface area contributed by atoms with Crippen LogP contribution in [0.3, 0.4) is 0 Å². The normalized spacial score (nSPS) is 28.2. The van der Waals surface area contributed by atoms with Gasteiger partial charge in [0.15, 0.2) is 0 Å². The molecule has 3 heteroatoms. The van der Waals surface area contributed by atoms with Crippen molar-refractivity contribution in [2.45, 2.75) is 84.9 Å². The minimum atomic E-state index is 0.290. The highest BCUT2D eigenvalue weighted by Crippen LogP contribution is 2.31. The van der Waals surface area contributed by atoms with Gasteiger partial charge in [0, 0.05) is 18.1 Å². The van der Waals surface area contributed by atoms with Gasteiger partial charge in [-0.05, 0) is 77.9 Å². The van der Waals surface area contributed by atoms with Gasteiger partial charge in [-0.25, -0.2) is 0 Å². The van der Waals surface area contributed by atoms with Crippen molar-refractivity contribution in [3.8, 4) is 0 Å². The van der Waals surface area contributed by atoms with E-state index < -0.39 is 0 Å². The van der Waals surface area contributed by atoms with E-state index in [1.54, 1.807) is 0 Å². The van der Waals surface area contributed by atoms with E-state index in [2.05, 4.69) is 58.4 Å². The molecule has 1 heterocycles. The molecule has 0 amide bonds. The highest BCUT2D eigenvalue weighted by Gasteiger charge is 2.35. The summed E-state index contributed by atoms with van der Waals surface area (Å²) in [6.45, 7) is 18.5. The van der Waals surface area contributed by atoms with Crippen molar-refractivity contribution in [2.75, 3.05) is 33.3 Å². The third kappa shape index (κ3) is 6.03. The Hall–Kier alpha value is -0.120. The van der Waals surface area contributed by atoms with E-state index in [1.807, 2.05) is 0 Å². The maximum atomic E-state index is 6.03. The first kappa shape index (κ1) is 19.2. The van der Waals surface area contributed by atoms with E-state index in [4.69, 9.17) is 4.74 Å². The van der Waals surface area contributed by atoms with E-state index in [-0.39, 0.29) is 5.41 Å². The van der Waals surface area contributed by atoms with Gasteiger partial charge in [-0.1, -0.05) is 20.8 Å². The van der Waals surface area contributed by atoms with Crippen LogP contribution in [-0.2, 0) is 4.74 Å². The van der Waals surface area contributed by atoms with Gasteiger partial charge in [0.05, 0.1) is 12.7 Å². The Morgan fingerprint density at radius 2 is 1.57 bits per heavy atom. The van der Waals surface area contributed by atoms with Gasteiger partial charge in [0.2, 0.25) is 0 Å². The highest BCUT2D eigenvalue weighted by molar-refractivity contribution is 4.89. The summed E-state index contributed by atoms with van der Waals surface area (Å²) in [7, 11) is 2.32. The summed E-state index contributed by atoms with van der Waals surface area (Å²) >= 11 is 0. The van der Waals surface area contributed by atoms with Crippen LogP contribution in [0.15, 0.2) is 0 Å². The average Bonchev–Trinajstić information content (AvgIpc) is 2.34. The van der Waals surface area contributed by atoms with Crippen LogP contribution in [0, 0.1) is 11.3 Å². The minimum Gasteiger partial charge on any atom is -0.378 e. The van der Waals surface area contributed by atoms with Gasteiger partial charge in [0.25, 0.3) is 0 Å². The fraction of sp³-hybridized carbons (Fsp3) is 1.00. The zero-order valence-electron chi connectivity index (χ0n) is 16.7. The second kappa shape index (κ2) is 7.41. The fourth-order valence-corrected chi connectivity index (χ4v) is 3.74. The van der Waals surface area contributed by atoms with Crippen molar-refractivity contribution in [3.63, 3.8) is 0 Å². The molecule has 0 aromatic heterocycles. The Labute approximate surface area is 144 Å². The molecule has 0 radical (unpaired) electrons. The Bertz CT molecular complexity index is 355. The topological polar surface area (TPSA) is 15.7 Å². The van der Waals surface area contributed by atoms with Gasteiger partial charge in [-0.2, -0.15) is 0 Å². The first-order valence-electron chi connectivity index (χ1n) is 9.61. The van der Waals surface area contributed by atoms with Crippen molar-refractivity contribution in [2.24, 2.45) is 11.3 Å². The smallest absolute Gasteiger partial charge is 0.0605 e. The molecule has 0 aromatic rings. The minimum absolute atomic E-state index is 0.290. The molecule has 1 aliphatic heterocycles. The van der Waals surface area contributed by atoms with Crippen LogP contribution in [0.5, 0.6) is 0 Å². The molecule has 2 fully saturated rings. The first-order valence-corrected chi connectivity index (χ1v) is 9.61. The lowest BCUT2D eigenvalue weighted by Crippen LogP contribution is -2.50. The molecule has 2 aliphatic rings. The third-order valence-corrected chi connectivity index (χ3v) is 5.55. The summed E-state index contributed by atoms with van der Waals surface area (Å²) in [5, 5.41) is 0. The molecule has 23 heavy (non-hydrogen) atoms. The number of hydrogen-bond acceptors (Lipinski definition) is 3. The largest absolute Gasteiger partial charge is 0.378 e. The van der Waals surface area contributed by atoms with Crippen molar-refractivity contribution >= 4 is 0 Å². The van der Waals surface area contributed by atoms with Crippen molar-refractivity contribution in [1.29, 1.82) is 0 Å². The second-order valence-corrected chi connectivity index (χ2v) is 10.2. The Morgan fingerprint density at radius 1 is 1.00 bits per heavy atom. The van der Waals surface area contributed by atoms with Gasteiger partial charge in [-0.3, -0.25) is 4.90 Å². The Morgan fingerprint density at radius 3 is 2.04 bits per heavy atom. The Balaban J connectivity index is 1.63. The van der Waals surface area contributed by atoms with Crippen LogP contribution in [0.1, 0.15) is 67.2 Å². The third-order valence-electron chi connectivity index (χ3n) is 5.55. The number of hydrogen-bond donors (Lipinski definition) is 0. The van der Waals surface area contributed by atoms with Gasteiger partial charge in [0.1, 0.15) is 0 Å². The molecule has 1 saturated heterocycles. The number of ether oxygens (including phenoxy) is 1. The summed E-state index contributed by atoms with van der Waals surface area (Å²) < 4.78 is 6.03. The molecule has 2 rings (SSSR count). The predicted octanol–water partition coefficient (Wildman–Crippen LogP) is 4.02. The molecule has 0 N–H and O–H groups in total. The van der Waals surface area contributed by atoms with Crippen molar-refractivity contribution in [1.82, 2.24) is 9.80 Å². The van der Waals surface area contributed by atoms with Crippen molar-refractivity contribution < 1.29 is 4.74 Å². The van der Waals surface area contributed by atoms with Crippen LogP contribution >= 0.6 is 0 Å². The molecule has 0 atom stereocenters. The molecule has 0 spiro atoms. The molecular formula is C20H40N2O. The van der Waals surface area contributed by atoms with Crippen LogP contribution in [0.2, 0.25) is 0 Å². The van der Waals surface area contributed by atoms with Crippen LogP contribution in [-0.4, -0.2) is 60.8 Å². The molecule has 0 unspecified atom stereocenters. The first-order chi connectivity index (χ1) is 10.5. The summed E-state index contributed by atoms with van der Waals surface area (Å²) in [5.41, 5.74) is 0.625. The number of likely N-dealkylation sites (tertiary alicyclic amines) is 1. The Kier molecular flexibility index (Phi) is 6.19. The monoisotopic (exact) mass is 324 g/mol. The maximum Gasteiger partial charge on any atom is 0.0605 e. The standard InChI is InChI=1S/C20H40N2O/c1-19(2,3)15-23-18-12-17(13-18)21(7)14-16-8-10-22(11-9-16)20(4,5)6/h16-18H,8-15H2,1-7H3/t17-,18-. The number of piperidine rings is 1. The van der Waals surface area contributed by atoms with E-state index >= 15 is 0 Å². The summed E-state index contributed by atoms with van der Waals surface area (Å²) in [6, 6.07) is 0.751. The zero-order valence-corrected chi connectivity index (χ0v) is 16.7. The van der Waals surface area contributed by atoms with E-state index in [0.29, 0.717) is 11.6 Å². The molecule has 0 bridgehead atoms. The second-order valence-electron chi connectivity index (χ2n) is 10.2. The molecule has 3 nitrogen and oxygen atoms in total. The zero-order chi connectivity index (χ0) is 17.3. The lowest BCUT2D eigenvalue weighted by Gasteiger charge is -2.45. The highest BCUT2D eigenvalue weighted by atomic mass is 16.5. The molecule has 136 valence electrons. The average molecular weight is 325 g/mol. The van der Waals surface area contributed by atoms with Crippen LogP contribution in [0.25, 0.3) is 0 Å². The number of nitrogens with zero attached hydrogens (tertiary/aromatic N) is 2. The summed E-state index contributed by atoms with van der Waals surface area (Å²) in [5.74, 6) is 0.883. The molecule has 1 aliphatic carbocycles. The van der Waals surface area contributed by atoms with Gasteiger partial charge in [-0.15, -0.1) is 0 Å². The lowest BCUT2D eigenvalue weighted by atomic mass is 9.86. The lowest BCUT2D eigenvalue weighted by molar-refractivity contribution is -0.0709. The maximum absolute atomic E-state index is 6.03. The van der Waals surface area contributed by atoms with Crippen LogP contribution < -0.4 is 0 Å². The fourth-order valence-electron chi connectivity index (χ4n) is 3.74. The summed E-state index contributed by atoms with van der Waals surface area (Å²) in [4.78, 5) is 5.25. The van der Waals surface area contributed by atoms with Crippen molar-refractivity contribution in [3.05, 3.63) is 0 Å². The SMILES string of the molecule is CN(CC1CCN(C(C)(C)C)CC1)[C@H]1C[C@H](OCC(C)(C)C)C1. The predicted molar refractivity (Wildman–Crippen MR) is 98.9 cm³/mol. The van der Waals surface area contributed by atoms with Crippen LogP contribution in [0.4, 0.5) is 0 Å². The van der Waals surface area contributed by atoms with E-state index in [0.717, 1.165) is 18.6 Å². The van der Waals surface area contributed by atoms with Gasteiger partial charge >= 0.3 is 0 Å². The molecule has 0 aromatic carbocycles. The van der Waals surface area contributed by atoms with E-state index in [9.17, 15) is 0 Å². The van der Waals surface area contributed by atoms with Gasteiger partial charge < -0.3 is 9.64 Å².